The Balaban J connectivity index is 2.26. The number of sulfonamides is 1. The summed E-state index contributed by atoms with van der Waals surface area (Å²) in [5, 5.41) is 11.7. The summed E-state index contributed by atoms with van der Waals surface area (Å²) in [5.74, 6) is -1.36. The van der Waals surface area contributed by atoms with Gasteiger partial charge in [-0.2, -0.15) is 4.31 Å². The molecule has 1 fully saturated rings. The molecule has 0 aliphatic carbocycles. The molecule has 0 spiro atoms. The van der Waals surface area contributed by atoms with Crippen molar-refractivity contribution in [3.63, 3.8) is 0 Å². The van der Waals surface area contributed by atoms with Crippen LogP contribution in [0.5, 0.6) is 5.75 Å². The average molecular weight is 370 g/mol. The number of carboxylic acid groups (broad SMARTS) is 1. The Labute approximate surface area is 146 Å². The van der Waals surface area contributed by atoms with Crippen LogP contribution in [0.4, 0.5) is 0 Å². The zero-order valence-electron chi connectivity index (χ0n) is 14.2. The smallest absolute Gasteiger partial charge is 0.307 e. The van der Waals surface area contributed by atoms with Gasteiger partial charge in [0, 0.05) is 31.6 Å². The molecule has 25 heavy (non-hydrogen) atoms. The minimum absolute atomic E-state index is 0.0361. The Bertz CT molecular complexity index is 762. The summed E-state index contributed by atoms with van der Waals surface area (Å²) in [6, 6.07) is 4.41. The number of aliphatic carboxylic acids is 1. The van der Waals surface area contributed by atoms with E-state index in [1.54, 1.807) is 6.92 Å². The highest BCUT2D eigenvalue weighted by Gasteiger charge is 2.36. The van der Waals surface area contributed by atoms with Gasteiger partial charge in [0.2, 0.25) is 15.9 Å². The van der Waals surface area contributed by atoms with Crippen molar-refractivity contribution in [2.24, 2.45) is 5.92 Å². The van der Waals surface area contributed by atoms with Gasteiger partial charge in [0.05, 0.1) is 17.9 Å². The van der Waals surface area contributed by atoms with Crippen LogP contribution in [0.1, 0.15) is 25.3 Å². The molecule has 0 saturated carbocycles. The predicted molar refractivity (Wildman–Crippen MR) is 89.6 cm³/mol. The number of hydrogen-bond acceptors (Lipinski definition) is 5. The molecule has 2 N–H and O–H groups in total. The maximum atomic E-state index is 12.8. The summed E-state index contributed by atoms with van der Waals surface area (Å²) < 4.78 is 31.9. The molecule has 1 unspecified atom stereocenters. The number of carboxylic acids is 1. The molecule has 1 heterocycles. The Kier molecular flexibility index (Phi) is 6.02. The zero-order chi connectivity index (χ0) is 18.6. The summed E-state index contributed by atoms with van der Waals surface area (Å²) in [7, 11) is -2.33. The van der Waals surface area contributed by atoms with Crippen molar-refractivity contribution in [1.82, 2.24) is 9.62 Å². The van der Waals surface area contributed by atoms with E-state index in [-0.39, 0.29) is 30.4 Å². The van der Waals surface area contributed by atoms with Crippen molar-refractivity contribution in [2.45, 2.75) is 31.2 Å². The second-order valence-corrected chi connectivity index (χ2v) is 7.73. The van der Waals surface area contributed by atoms with Crippen molar-refractivity contribution in [2.75, 3.05) is 20.2 Å². The lowest BCUT2D eigenvalue weighted by molar-refractivity contribution is -0.141. The number of rotatable bonds is 7. The average Bonchev–Trinajstić information content (AvgIpc) is 3.10. The van der Waals surface area contributed by atoms with E-state index in [1.807, 2.05) is 0 Å². The molecule has 1 saturated heterocycles. The SMILES string of the molecule is CCC(=O)NCc1cc(S(=O)(=O)N2CCC(C(=O)O)C2)ccc1OC. The van der Waals surface area contributed by atoms with Gasteiger partial charge in [-0.25, -0.2) is 8.42 Å². The van der Waals surface area contributed by atoms with Gasteiger partial charge in [-0.05, 0) is 24.6 Å². The molecule has 1 atom stereocenters. The molecule has 138 valence electrons. The largest absolute Gasteiger partial charge is 0.496 e. The van der Waals surface area contributed by atoms with Crippen LogP contribution in [0.3, 0.4) is 0 Å². The molecule has 8 nitrogen and oxygen atoms in total. The topological polar surface area (TPSA) is 113 Å². The lowest BCUT2D eigenvalue weighted by Crippen LogP contribution is -2.30. The number of ether oxygens (including phenoxy) is 1. The van der Waals surface area contributed by atoms with E-state index in [9.17, 15) is 18.0 Å². The maximum absolute atomic E-state index is 12.8. The van der Waals surface area contributed by atoms with Crippen LogP contribution < -0.4 is 10.1 Å². The molecule has 0 radical (unpaired) electrons. The fourth-order valence-corrected chi connectivity index (χ4v) is 4.22. The first-order valence-electron chi connectivity index (χ1n) is 7.96. The van der Waals surface area contributed by atoms with Crippen LogP contribution in [-0.4, -0.2) is 49.9 Å². The number of nitrogens with one attached hydrogen (secondary N) is 1. The van der Waals surface area contributed by atoms with Gasteiger partial charge in [0.15, 0.2) is 0 Å². The highest BCUT2D eigenvalue weighted by Crippen LogP contribution is 2.28. The van der Waals surface area contributed by atoms with E-state index in [2.05, 4.69) is 5.32 Å². The van der Waals surface area contributed by atoms with E-state index < -0.39 is 21.9 Å². The van der Waals surface area contributed by atoms with Crippen molar-refractivity contribution >= 4 is 21.9 Å². The summed E-state index contributed by atoms with van der Waals surface area (Å²) in [6.45, 7) is 2.01. The number of methoxy groups -OCH3 is 1. The van der Waals surface area contributed by atoms with Crippen molar-refractivity contribution in [3.05, 3.63) is 23.8 Å². The molecule has 1 aromatic carbocycles. The second kappa shape index (κ2) is 7.83. The van der Waals surface area contributed by atoms with Gasteiger partial charge in [-0.1, -0.05) is 6.92 Å². The molecule has 1 aliphatic rings. The van der Waals surface area contributed by atoms with E-state index in [4.69, 9.17) is 9.84 Å². The Morgan fingerprint density at radius 3 is 2.68 bits per heavy atom. The quantitative estimate of drug-likeness (QED) is 0.735. The van der Waals surface area contributed by atoms with Gasteiger partial charge < -0.3 is 15.2 Å². The van der Waals surface area contributed by atoms with Crippen molar-refractivity contribution in [1.29, 1.82) is 0 Å². The van der Waals surface area contributed by atoms with Gasteiger partial charge >= 0.3 is 5.97 Å². The maximum Gasteiger partial charge on any atom is 0.307 e. The fourth-order valence-electron chi connectivity index (χ4n) is 2.67. The van der Waals surface area contributed by atoms with E-state index in [0.717, 1.165) is 0 Å². The lowest BCUT2D eigenvalue weighted by Gasteiger charge is -2.18. The van der Waals surface area contributed by atoms with Crippen molar-refractivity contribution in [3.8, 4) is 5.75 Å². The number of hydrogen-bond donors (Lipinski definition) is 2. The number of amides is 1. The molecule has 0 aromatic heterocycles. The van der Waals surface area contributed by atoms with E-state index >= 15 is 0 Å². The normalized spacial score (nSPS) is 18.1. The number of nitrogens with zero attached hydrogens (tertiary/aromatic N) is 1. The molecular formula is C16H22N2O6S. The third kappa shape index (κ3) is 4.29. The standard InChI is InChI=1S/C16H22N2O6S/c1-3-15(19)17-9-12-8-13(4-5-14(12)24-2)25(22,23)18-7-6-11(10-18)16(20)21/h4-5,8,11H,3,6-7,9-10H2,1-2H3,(H,17,19)(H,20,21). The molecule has 0 bridgehead atoms. The van der Waals surface area contributed by atoms with Gasteiger partial charge in [-0.15, -0.1) is 0 Å². The molecular weight excluding hydrogens is 348 g/mol. The Hall–Kier alpha value is -2.13. The highest BCUT2D eigenvalue weighted by atomic mass is 32.2. The first-order chi connectivity index (χ1) is 11.8. The van der Waals surface area contributed by atoms with Crippen molar-refractivity contribution < 1.29 is 27.9 Å². The van der Waals surface area contributed by atoms with Crippen LogP contribution in [0.25, 0.3) is 0 Å². The van der Waals surface area contributed by atoms with E-state index in [1.165, 1.54) is 29.6 Å². The summed E-state index contributed by atoms with van der Waals surface area (Å²) >= 11 is 0. The molecule has 9 heteroatoms. The third-order valence-corrected chi connectivity index (χ3v) is 6.05. The minimum atomic E-state index is -3.80. The Morgan fingerprint density at radius 2 is 2.12 bits per heavy atom. The summed E-state index contributed by atoms with van der Waals surface area (Å²) in [4.78, 5) is 22.5. The van der Waals surface area contributed by atoms with Crippen LogP contribution in [0.15, 0.2) is 23.1 Å². The molecule has 1 aromatic rings. The zero-order valence-corrected chi connectivity index (χ0v) is 15.0. The lowest BCUT2D eigenvalue weighted by atomic mass is 10.1. The van der Waals surface area contributed by atoms with Crippen LogP contribution in [0, 0.1) is 5.92 Å². The van der Waals surface area contributed by atoms with Gasteiger partial charge in [-0.3, -0.25) is 9.59 Å². The molecule has 1 aliphatic heterocycles. The number of carbonyl (C=O) groups excluding carboxylic acids is 1. The minimum Gasteiger partial charge on any atom is -0.496 e. The summed E-state index contributed by atoms with van der Waals surface area (Å²) in [6.07, 6.45) is 0.620. The first kappa shape index (κ1) is 19.2. The van der Waals surface area contributed by atoms with Gasteiger partial charge in [0.25, 0.3) is 0 Å². The van der Waals surface area contributed by atoms with Gasteiger partial charge in [0.1, 0.15) is 5.75 Å². The van der Waals surface area contributed by atoms with Crippen LogP contribution >= 0.6 is 0 Å². The summed E-state index contributed by atoms with van der Waals surface area (Å²) in [5.41, 5.74) is 0.541. The number of carbonyl (C=O) groups is 2. The monoisotopic (exact) mass is 370 g/mol. The highest BCUT2D eigenvalue weighted by molar-refractivity contribution is 7.89. The third-order valence-electron chi connectivity index (χ3n) is 4.19. The predicted octanol–water partition coefficient (Wildman–Crippen LogP) is 0.817. The second-order valence-electron chi connectivity index (χ2n) is 5.79. The first-order valence-corrected chi connectivity index (χ1v) is 9.40. The van der Waals surface area contributed by atoms with Crippen LogP contribution in [0.2, 0.25) is 0 Å². The van der Waals surface area contributed by atoms with Crippen LogP contribution in [-0.2, 0) is 26.2 Å². The Morgan fingerprint density at radius 1 is 1.40 bits per heavy atom. The molecule has 2 rings (SSSR count). The molecule has 1 amide bonds. The fraction of sp³-hybridized carbons (Fsp3) is 0.500. The van der Waals surface area contributed by atoms with E-state index in [0.29, 0.717) is 24.2 Å². The number of benzene rings is 1.